The van der Waals surface area contributed by atoms with Gasteiger partial charge in [0.2, 0.25) is 0 Å². The van der Waals surface area contributed by atoms with Crippen LogP contribution in [0.25, 0.3) is 5.57 Å². The van der Waals surface area contributed by atoms with Crippen LogP contribution in [0.1, 0.15) is 5.56 Å². The van der Waals surface area contributed by atoms with Crippen molar-refractivity contribution in [2.75, 3.05) is 21.3 Å². The minimum absolute atomic E-state index is 0.239. The van der Waals surface area contributed by atoms with Crippen molar-refractivity contribution in [1.82, 2.24) is 0 Å². The Morgan fingerprint density at radius 2 is 1.40 bits per heavy atom. The molecule has 0 spiro atoms. The number of carbonyl (C=O) groups is 2. The standard InChI is InChI=1S/C15H14O5/c1-18-13-8-15(20-3)14(19-2)7-11(13)10-6-9(16)4-5-12(10)17/h4-8H,1-3H3. The van der Waals surface area contributed by atoms with Crippen molar-refractivity contribution < 1.29 is 23.8 Å². The van der Waals surface area contributed by atoms with Crippen molar-refractivity contribution >= 4 is 17.1 Å². The van der Waals surface area contributed by atoms with Crippen LogP contribution < -0.4 is 14.2 Å². The molecular formula is C15H14O5. The van der Waals surface area contributed by atoms with Gasteiger partial charge in [-0.1, -0.05) is 0 Å². The summed E-state index contributed by atoms with van der Waals surface area (Å²) in [4.78, 5) is 23.4. The van der Waals surface area contributed by atoms with E-state index in [1.165, 1.54) is 39.6 Å². The molecule has 1 aromatic carbocycles. The molecule has 0 aliphatic heterocycles. The first kappa shape index (κ1) is 13.9. The molecule has 0 radical (unpaired) electrons. The van der Waals surface area contributed by atoms with Gasteiger partial charge in [0.05, 0.1) is 21.3 Å². The van der Waals surface area contributed by atoms with Gasteiger partial charge in [-0.3, -0.25) is 9.59 Å². The smallest absolute Gasteiger partial charge is 0.186 e. The molecule has 1 aliphatic carbocycles. The van der Waals surface area contributed by atoms with E-state index < -0.39 is 0 Å². The summed E-state index contributed by atoms with van der Waals surface area (Å²) in [7, 11) is 4.49. The van der Waals surface area contributed by atoms with Crippen LogP contribution in [0.2, 0.25) is 0 Å². The van der Waals surface area contributed by atoms with Crippen LogP contribution in [-0.4, -0.2) is 32.9 Å². The second-order valence-corrected chi connectivity index (χ2v) is 4.07. The monoisotopic (exact) mass is 274 g/mol. The highest BCUT2D eigenvalue weighted by atomic mass is 16.5. The van der Waals surface area contributed by atoms with E-state index in [4.69, 9.17) is 14.2 Å². The zero-order valence-corrected chi connectivity index (χ0v) is 11.4. The van der Waals surface area contributed by atoms with Crippen molar-refractivity contribution in [3.05, 3.63) is 35.9 Å². The van der Waals surface area contributed by atoms with Gasteiger partial charge in [-0.05, 0) is 24.3 Å². The molecule has 0 aromatic heterocycles. The highest BCUT2D eigenvalue weighted by Crippen LogP contribution is 2.38. The third kappa shape index (κ3) is 2.42. The Labute approximate surface area is 116 Å². The molecule has 104 valence electrons. The molecule has 0 saturated carbocycles. The molecule has 0 saturated heterocycles. The van der Waals surface area contributed by atoms with Crippen molar-refractivity contribution in [2.45, 2.75) is 0 Å². The maximum atomic E-state index is 11.9. The summed E-state index contributed by atoms with van der Waals surface area (Å²) >= 11 is 0. The molecular weight excluding hydrogens is 260 g/mol. The van der Waals surface area contributed by atoms with Crippen LogP contribution >= 0.6 is 0 Å². The van der Waals surface area contributed by atoms with Crippen LogP contribution in [0.4, 0.5) is 0 Å². The highest BCUT2D eigenvalue weighted by molar-refractivity contribution is 6.34. The first-order valence-corrected chi connectivity index (χ1v) is 5.89. The fourth-order valence-electron chi connectivity index (χ4n) is 1.96. The molecule has 0 atom stereocenters. The maximum Gasteiger partial charge on any atom is 0.186 e. The van der Waals surface area contributed by atoms with Crippen LogP contribution in [0.3, 0.4) is 0 Å². The van der Waals surface area contributed by atoms with Crippen molar-refractivity contribution in [2.24, 2.45) is 0 Å². The summed E-state index contributed by atoms with van der Waals surface area (Å²) in [5.74, 6) is 0.884. The lowest BCUT2D eigenvalue weighted by atomic mass is 9.95. The van der Waals surface area contributed by atoms with E-state index in [2.05, 4.69) is 0 Å². The zero-order valence-electron chi connectivity index (χ0n) is 11.4. The van der Waals surface area contributed by atoms with Crippen LogP contribution in [-0.2, 0) is 9.59 Å². The predicted molar refractivity (Wildman–Crippen MR) is 73.2 cm³/mol. The van der Waals surface area contributed by atoms with E-state index in [1.807, 2.05) is 0 Å². The molecule has 5 heteroatoms. The Morgan fingerprint density at radius 3 is 2.00 bits per heavy atom. The van der Waals surface area contributed by atoms with Gasteiger partial charge in [-0.15, -0.1) is 0 Å². The molecule has 1 aromatic rings. The Bertz CT molecular complexity index is 625. The molecule has 0 N–H and O–H groups in total. The van der Waals surface area contributed by atoms with E-state index in [0.29, 0.717) is 22.8 Å². The van der Waals surface area contributed by atoms with Crippen molar-refractivity contribution in [3.8, 4) is 17.2 Å². The number of benzene rings is 1. The summed E-state index contributed by atoms with van der Waals surface area (Å²) < 4.78 is 15.6. The number of ether oxygens (including phenoxy) is 3. The molecule has 5 nitrogen and oxygen atoms in total. The summed E-state index contributed by atoms with van der Waals surface area (Å²) in [6.07, 6.45) is 3.76. The molecule has 0 fully saturated rings. The number of hydrogen-bond donors (Lipinski definition) is 0. The second-order valence-electron chi connectivity index (χ2n) is 4.07. The minimum Gasteiger partial charge on any atom is -0.496 e. The average Bonchev–Trinajstić information content (AvgIpc) is 2.48. The molecule has 0 unspecified atom stereocenters. The predicted octanol–water partition coefficient (Wildman–Crippen LogP) is 1.80. The number of methoxy groups -OCH3 is 3. The van der Waals surface area contributed by atoms with Crippen molar-refractivity contribution in [3.63, 3.8) is 0 Å². The van der Waals surface area contributed by atoms with Gasteiger partial charge < -0.3 is 14.2 Å². The van der Waals surface area contributed by atoms with Gasteiger partial charge in [-0.2, -0.15) is 0 Å². The highest BCUT2D eigenvalue weighted by Gasteiger charge is 2.21. The number of ketones is 2. The molecule has 20 heavy (non-hydrogen) atoms. The first-order chi connectivity index (χ1) is 9.60. The van der Waals surface area contributed by atoms with Gasteiger partial charge in [0.1, 0.15) is 5.75 Å². The summed E-state index contributed by atoms with van der Waals surface area (Å²) in [5.41, 5.74) is 0.767. The van der Waals surface area contributed by atoms with Crippen LogP contribution in [0.5, 0.6) is 17.2 Å². The van der Waals surface area contributed by atoms with E-state index in [9.17, 15) is 9.59 Å². The van der Waals surface area contributed by atoms with Crippen LogP contribution in [0, 0.1) is 0 Å². The SMILES string of the molecule is COc1cc(OC)c(C2=CC(=O)C=CC2=O)cc1OC. The maximum absolute atomic E-state index is 11.9. The fraction of sp³-hybridized carbons (Fsp3) is 0.200. The van der Waals surface area contributed by atoms with E-state index in [1.54, 1.807) is 12.1 Å². The summed E-state index contributed by atoms with van der Waals surface area (Å²) in [6, 6.07) is 3.24. The van der Waals surface area contributed by atoms with Gasteiger partial charge in [0.15, 0.2) is 23.1 Å². The number of carbonyl (C=O) groups excluding carboxylic acids is 2. The van der Waals surface area contributed by atoms with Crippen molar-refractivity contribution in [1.29, 1.82) is 0 Å². The molecule has 2 rings (SSSR count). The molecule has 0 amide bonds. The lowest BCUT2D eigenvalue weighted by molar-refractivity contribution is -0.113. The topological polar surface area (TPSA) is 61.8 Å². The Kier molecular flexibility index (Phi) is 3.89. The summed E-state index contributed by atoms with van der Waals surface area (Å²) in [5, 5.41) is 0. The van der Waals surface area contributed by atoms with Gasteiger partial charge in [0.25, 0.3) is 0 Å². The Morgan fingerprint density at radius 1 is 0.800 bits per heavy atom. The van der Waals surface area contributed by atoms with E-state index in [0.717, 1.165) is 0 Å². The molecule has 0 heterocycles. The number of rotatable bonds is 4. The number of allylic oxidation sites excluding steroid dienone is 4. The Balaban J connectivity index is 2.61. The van der Waals surface area contributed by atoms with E-state index in [-0.39, 0.29) is 17.1 Å². The normalized spacial score (nSPS) is 14.1. The third-order valence-corrected chi connectivity index (χ3v) is 2.95. The minimum atomic E-state index is -0.255. The lowest BCUT2D eigenvalue weighted by Gasteiger charge is -2.15. The van der Waals surface area contributed by atoms with E-state index >= 15 is 0 Å². The first-order valence-electron chi connectivity index (χ1n) is 5.89. The quantitative estimate of drug-likeness (QED) is 0.783. The summed E-state index contributed by atoms with van der Waals surface area (Å²) in [6.45, 7) is 0. The fourth-order valence-corrected chi connectivity index (χ4v) is 1.96. The second kappa shape index (κ2) is 5.61. The number of hydrogen-bond acceptors (Lipinski definition) is 5. The molecule has 0 bridgehead atoms. The Hall–Kier alpha value is -2.56. The van der Waals surface area contributed by atoms with Gasteiger partial charge >= 0.3 is 0 Å². The average molecular weight is 274 g/mol. The molecule has 1 aliphatic rings. The van der Waals surface area contributed by atoms with Gasteiger partial charge in [-0.25, -0.2) is 0 Å². The third-order valence-electron chi connectivity index (χ3n) is 2.95. The lowest BCUT2D eigenvalue weighted by Crippen LogP contribution is -2.08. The van der Waals surface area contributed by atoms with Gasteiger partial charge in [0, 0.05) is 17.2 Å². The largest absolute Gasteiger partial charge is 0.496 e. The zero-order chi connectivity index (χ0) is 14.7. The van der Waals surface area contributed by atoms with Crippen LogP contribution in [0.15, 0.2) is 30.4 Å².